The van der Waals surface area contributed by atoms with Crippen molar-refractivity contribution in [3.05, 3.63) is 25.3 Å². The molecule has 13 heteroatoms. The predicted octanol–water partition coefficient (Wildman–Crippen LogP) is 4.89. The molecular weight excluding hydrogens is 703 g/mol. The van der Waals surface area contributed by atoms with Crippen molar-refractivity contribution in [2.75, 3.05) is 50.4 Å². The van der Waals surface area contributed by atoms with Gasteiger partial charge in [-0.3, -0.25) is 14.4 Å². The summed E-state index contributed by atoms with van der Waals surface area (Å²) in [4.78, 5) is 58.7. The highest BCUT2D eigenvalue weighted by molar-refractivity contribution is 8.00. The number of nitrogens with zero attached hydrogens (tertiary/aromatic N) is 6. The molecule has 296 valence electrons. The minimum absolute atomic E-state index is 0.0566. The Balaban J connectivity index is 0.925. The van der Waals surface area contributed by atoms with Gasteiger partial charge < -0.3 is 29.5 Å². The Morgan fingerprint density at radius 2 is 1.89 bits per heavy atom. The first-order chi connectivity index (χ1) is 25.8. The maximum atomic E-state index is 13.7. The number of hydrogen-bond acceptors (Lipinski definition) is 11. The van der Waals surface area contributed by atoms with Gasteiger partial charge in [-0.05, 0) is 81.7 Å². The average molecular weight is 764 g/mol. The van der Waals surface area contributed by atoms with Crippen LogP contribution in [0.3, 0.4) is 0 Å². The summed E-state index contributed by atoms with van der Waals surface area (Å²) in [6.45, 7) is 17.4. The average Bonchev–Trinajstić information content (AvgIpc) is 3.91. The maximum absolute atomic E-state index is 13.7. The molecule has 3 aliphatic carbocycles. The molecule has 2 bridgehead atoms. The normalized spacial score (nSPS) is 35.9. The molecule has 2 aromatic rings. The van der Waals surface area contributed by atoms with Crippen molar-refractivity contribution >= 4 is 46.4 Å². The van der Waals surface area contributed by atoms with E-state index < -0.39 is 23.0 Å². The van der Waals surface area contributed by atoms with Gasteiger partial charge in [0.05, 0.1) is 18.2 Å². The summed E-state index contributed by atoms with van der Waals surface area (Å²) < 4.78 is 8.42. The van der Waals surface area contributed by atoms with E-state index in [2.05, 4.69) is 52.5 Å². The fourth-order valence-corrected chi connectivity index (χ4v) is 12.3. The van der Waals surface area contributed by atoms with E-state index in [0.29, 0.717) is 44.8 Å². The fourth-order valence-electron chi connectivity index (χ4n) is 11.3. The lowest BCUT2D eigenvalue weighted by Gasteiger charge is -2.61. The Bertz CT molecular complexity index is 1730. The van der Waals surface area contributed by atoms with Gasteiger partial charge in [-0.1, -0.05) is 33.8 Å². The highest BCUT2D eigenvalue weighted by Gasteiger charge is 2.68. The molecule has 4 heterocycles. The second-order valence-corrected chi connectivity index (χ2v) is 19.0. The van der Waals surface area contributed by atoms with Crippen molar-refractivity contribution in [3.63, 3.8) is 0 Å². The third-order valence-corrected chi connectivity index (χ3v) is 16.2. The van der Waals surface area contributed by atoms with Gasteiger partial charge >= 0.3 is 5.97 Å². The zero-order valence-electron chi connectivity index (χ0n) is 33.0. The number of esters is 1. The Labute approximate surface area is 324 Å². The molecule has 5 fully saturated rings. The standard InChI is InChI=1S/C41H61N7O5S/c1-7-39(4)20-31(40(5)26(2)8-14-41(27(3)36(39)52)15-9-30(49)35(40)41)53-33(51)23-54-29-11-17-46(18-12-29)32(50)13-19-48-25-45-34-37(43-24-44-38(34)48)47-16-10-28(22-47)21-42-6/h7,24-29,31,35-36,42,52H,1,8-23H2,2-6H3/t26-,27+,28?,31-,35-,36+,39-,40+,41+/m1/s1. The van der Waals surface area contributed by atoms with E-state index in [1.165, 1.54) is 0 Å². The zero-order chi connectivity index (χ0) is 38.4. The summed E-state index contributed by atoms with van der Waals surface area (Å²) in [5, 5.41) is 15.3. The second-order valence-electron chi connectivity index (χ2n) is 17.7. The largest absolute Gasteiger partial charge is 0.461 e. The first-order valence-corrected chi connectivity index (χ1v) is 21.4. The Morgan fingerprint density at radius 3 is 2.63 bits per heavy atom. The number of hydrogen-bond donors (Lipinski definition) is 2. The molecule has 1 unspecified atom stereocenters. The van der Waals surface area contributed by atoms with Gasteiger partial charge in [0, 0.05) is 67.6 Å². The van der Waals surface area contributed by atoms with Gasteiger partial charge in [-0.25, -0.2) is 15.0 Å². The molecule has 3 saturated carbocycles. The summed E-state index contributed by atoms with van der Waals surface area (Å²) >= 11 is 1.61. The first kappa shape index (κ1) is 39.2. The summed E-state index contributed by atoms with van der Waals surface area (Å²) in [6, 6.07) is 0. The number of carbonyl (C=O) groups excluding carboxylic acids is 3. The molecule has 5 aliphatic rings. The van der Waals surface area contributed by atoms with Crippen LogP contribution in [0.15, 0.2) is 25.3 Å². The van der Waals surface area contributed by atoms with Crippen molar-refractivity contribution in [2.45, 2.75) is 109 Å². The van der Waals surface area contributed by atoms with Crippen LogP contribution in [0.25, 0.3) is 11.2 Å². The number of amides is 1. The van der Waals surface area contributed by atoms with Crippen LogP contribution in [0.1, 0.15) is 85.5 Å². The molecule has 2 aliphatic heterocycles. The third kappa shape index (κ3) is 6.88. The van der Waals surface area contributed by atoms with Crippen molar-refractivity contribution < 1.29 is 24.2 Å². The van der Waals surface area contributed by atoms with Crippen molar-refractivity contribution in [1.29, 1.82) is 0 Å². The molecular formula is C41H61N7O5S. The maximum Gasteiger partial charge on any atom is 0.316 e. The molecule has 54 heavy (non-hydrogen) atoms. The van der Waals surface area contributed by atoms with Crippen LogP contribution in [-0.2, 0) is 25.7 Å². The molecule has 1 amide bonds. The smallest absolute Gasteiger partial charge is 0.316 e. The van der Waals surface area contributed by atoms with Crippen LogP contribution in [0, 0.1) is 39.9 Å². The van der Waals surface area contributed by atoms with E-state index in [4.69, 9.17) is 4.74 Å². The van der Waals surface area contributed by atoms with Crippen molar-refractivity contribution in [2.24, 2.45) is 39.9 Å². The number of imidazole rings is 1. The number of thioether (sulfide) groups is 1. The van der Waals surface area contributed by atoms with Gasteiger partial charge in [0.2, 0.25) is 5.91 Å². The van der Waals surface area contributed by atoms with E-state index in [0.717, 1.165) is 75.1 Å². The van der Waals surface area contributed by atoms with Gasteiger partial charge in [-0.2, -0.15) is 0 Å². The van der Waals surface area contributed by atoms with E-state index >= 15 is 0 Å². The van der Waals surface area contributed by atoms with Crippen LogP contribution in [0.5, 0.6) is 0 Å². The number of fused-ring (bicyclic) bond motifs is 1. The SMILES string of the molecule is C=C[C@]1(C)C[C@@H](OC(=O)CSC2CCN(C(=O)CCn3cnc4c(N5CCC(CNC)C5)ncnc43)CC2)[C@]2(C)[C@H](C)CC[C@]3(CCC(=O)[C@@H]32)[C@@H](C)[C@@H]1O. The molecule has 0 spiro atoms. The zero-order valence-corrected chi connectivity index (χ0v) is 33.8. The van der Waals surface area contributed by atoms with E-state index in [-0.39, 0.29) is 51.8 Å². The highest BCUT2D eigenvalue weighted by Crippen LogP contribution is 2.68. The number of Topliss-reactive ketones (excluding diaryl/α,β-unsaturated/α-hetero) is 1. The number of carbonyl (C=O) groups is 3. The Morgan fingerprint density at radius 1 is 1.11 bits per heavy atom. The molecule has 0 aromatic carbocycles. The number of nitrogens with one attached hydrogen (secondary N) is 1. The number of rotatable bonds is 11. The number of ether oxygens (including phenoxy) is 1. The first-order valence-electron chi connectivity index (χ1n) is 20.3. The van der Waals surface area contributed by atoms with E-state index in [1.54, 1.807) is 24.4 Å². The molecule has 7 rings (SSSR count). The molecule has 0 radical (unpaired) electrons. The summed E-state index contributed by atoms with van der Waals surface area (Å²) in [5.74, 6) is 1.69. The van der Waals surface area contributed by atoms with Crippen LogP contribution in [0.2, 0.25) is 0 Å². The number of aliphatic hydroxyl groups is 1. The number of aryl methyl sites for hydroxylation is 1. The minimum Gasteiger partial charge on any atom is -0.461 e. The number of aliphatic hydroxyl groups excluding tert-OH is 1. The molecule has 2 N–H and O–H groups in total. The number of ketones is 1. The lowest BCUT2D eigenvalue weighted by Crippen LogP contribution is -2.63. The van der Waals surface area contributed by atoms with Gasteiger partial charge in [0.15, 0.2) is 17.0 Å². The third-order valence-electron chi connectivity index (χ3n) is 14.8. The lowest BCUT2D eigenvalue weighted by atomic mass is 9.44. The lowest BCUT2D eigenvalue weighted by molar-refractivity contribution is -0.205. The number of anilines is 1. The van der Waals surface area contributed by atoms with Crippen LogP contribution in [-0.4, -0.2) is 110 Å². The molecule has 12 nitrogen and oxygen atoms in total. The summed E-state index contributed by atoms with van der Waals surface area (Å²) in [7, 11) is 1.99. The van der Waals surface area contributed by atoms with Crippen molar-refractivity contribution in [3.8, 4) is 0 Å². The van der Waals surface area contributed by atoms with E-state index in [1.807, 2.05) is 29.5 Å². The highest BCUT2D eigenvalue weighted by atomic mass is 32.2. The Hall–Kier alpha value is -3.03. The molecule has 2 aromatic heterocycles. The predicted molar refractivity (Wildman–Crippen MR) is 211 cm³/mol. The van der Waals surface area contributed by atoms with Gasteiger partial charge in [0.1, 0.15) is 18.2 Å². The van der Waals surface area contributed by atoms with Gasteiger partial charge in [0.25, 0.3) is 0 Å². The van der Waals surface area contributed by atoms with Crippen LogP contribution in [0.4, 0.5) is 5.82 Å². The number of likely N-dealkylation sites (tertiary alicyclic amines) is 1. The quantitative estimate of drug-likeness (QED) is 0.239. The topological polar surface area (TPSA) is 143 Å². The second kappa shape index (κ2) is 15.5. The van der Waals surface area contributed by atoms with Crippen LogP contribution >= 0.6 is 11.8 Å². The van der Waals surface area contributed by atoms with Crippen molar-refractivity contribution in [1.82, 2.24) is 29.7 Å². The summed E-state index contributed by atoms with van der Waals surface area (Å²) in [5.41, 5.74) is 0.0853. The Kier molecular flexibility index (Phi) is 11.2. The molecule has 2 saturated heterocycles. The number of piperidine rings is 1. The summed E-state index contributed by atoms with van der Waals surface area (Å²) in [6.07, 6.45) is 10.8. The van der Waals surface area contributed by atoms with Crippen LogP contribution < -0.4 is 10.2 Å². The minimum atomic E-state index is -0.678. The molecule has 9 atom stereocenters. The van der Waals surface area contributed by atoms with Gasteiger partial charge in [-0.15, -0.1) is 18.3 Å². The monoisotopic (exact) mass is 763 g/mol. The number of aromatic nitrogens is 4. The van der Waals surface area contributed by atoms with E-state index in [9.17, 15) is 19.5 Å². The fraction of sp³-hybridized carbons (Fsp3) is 0.756.